The van der Waals surface area contributed by atoms with Gasteiger partial charge in [0.2, 0.25) is 12.9 Å². The molecule has 9 nitrogen and oxygen atoms in total. The van der Waals surface area contributed by atoms with Crippen LogP contribution in [0.25, 0.3) is 0 Å². The molecule has 11 heteroatoms. The van der Waals surface area contributed by atoms with Gasteiger partial charge >= 0.3 is 5.97 Å². The van der Waals surface area contributed by atoms with Gasteiger partial charge in [-0.15, -0.1) is 11.3 Å². The largest absolute Gasteiger partial charge is 0.478 e. The van der Waals surface area contributed by atoms with Crippen molar-refractivity contribution in [2.45, 2.75) is 50.3 Å². The van der Waals surface area contributed by atoms with Crippen molar-refractivity contribution in [3.8, 4) is 17.2 Å². The van der Waals surface area contributed by atoms with Crippen molar-refractivity contribution in [1.29, 1.82) is 0 Å². The standard InChI is InChI=1S/C27H29NO8S2/c1-4-5-17-13-19(27(30)31)7-9-21(17)36-25(18-6-10-22-23(14-18)35-15-34-22)26(29)28-38(32,33)24-11-8-20(37-24)12-16(2)3/h6-11,13-14,16,25H,4-5,12,15H2,1-3H3,(H,28,29)(H,30,31). The smallest absolute Gasteiger partial charge is 0.335 e. The summed E-state index contributed by atoms with van der Waals surface area (Å²) in [6, 6.07) is 12.4. The number of aryl methyl sites for hydroxylation is 1. The average molecular weight is 560 g/mol. The van der Waals surface area contributed by atoms with Crippen LogP contribution in [0.4, 0.5) is 0 Å². The summed E-state index contributed by atoms with van der Waals surface area (Å²) in [7, 11) is -4.16. The summed E-state index contributed by atoms with van der Waals surface area (Å²) in [4.78, 5) is 25.9. The molecule has 1 aromatic heterocycles. The first kappa shape index (κ1) is 27.5. The van der Waals surface area contributed by atoms with Gasteiger partial charge in [0, 0.05) is 10.4 Å². The molecule has 1 amide bonds. The van der Waals surface area contributed by atoms with Crippen molar-refractivity contribution in [1.82, 2.24) is 4.72 Å². The van der Waals surface area contributed by atoms with Crippen molar-refractivity contribution < 1.29 is 37.3 Å². The molecule has 38 heavy (non-hydrogen) atoms. The predicted molar refractivity (Wildman–Crippen MR) is 142 cm³/mol. The second kappa shape index (κ2) is 11.4. The van der Waals surface area contributed by atoms with Crippen LogP contribution in [0.3, 0.4) is 0 Å². The van der Waals surface area contributed by atoms with E-state index in [0.29, 0.717) is 41.4 Å². The molecule has 0 radical (unpaired) electrons. The van der Waals surface area contributed by atoms with Crippen LogP contribution in [0, 0.1) is 5.92 Å². The van der Waals surface area contributed by atoms with Crippen molar-refractivity contribution in [3.63, 3.8) is 0 Å². The molecule has 2 heterocycles. The van der Waals surface area contributed by atoms with Crippen molar-refractivity contribution in [2.24, 2.45) is 5.92 Å². The maximum atomic E-state index is 13.5. The summed E-state index contributed by atoms with van der Waals surface area (Å²) in [6.07, 6.45) is 0.550. The number of hydrogen-bond donors (Lipinski definition) is 2. The summed E-state index contributed by atoms with van der Waals surface area (Å²) in [5, 5.41) is 9.40. The van der Waals surface area contributed by atoms with Gasteiger partial charge in [0.15, 0.2) is 11.5 Å². The number of fused-ring (bicyclic) bond motifs is 1. The molecule has 202 valence electrons. The fourth-order valence-electron chi connectivity index (χ4n) is 4.02. The number of nitrogens with one attached hydrogen (secondary N) is 1. The van der Waals surface area contributed by atoms with Crippen molar-refractivity contribution in [2.75, 3.05) is 6.79 Å². The zero-order valence-electron chi connectivity index (χ0n) is 21.2. The number of carboxylic acid groups (broad SMARTS) is 1. The summed E-state index contributed by atoms with van der Waals surface area (Å²) in [5.41, 5.74) is 1.02. The molecule has 0 saturated carbocycles. The molecule has 0 saturated heterocycles. The predicted octanol–water partition coefficient (Wildman–Crippen LogP) is 4.95. The summed E-state index contributed by atoms with van der Waals surface area (Å²) in [5.74, 6) is -0.451. The Morgan fingerprint density at radius 2 is 1.84 bits per heavy atom. The van der Waals surface area contributed by atoms with E-state index in [4.69, 9.17) is 14.2 Å². The Morgan fingerprint density at radius 3 is 2.55 bits per heavy atom. The molecule has 0 bridgehead atoms. The molecule has 1 aliphatic rings. The number of ether oxygens (including phenoxy) is 3. The Hall–Kier alpha value is -3.57. The monoisotopic (exact) mass is 559 g/mol. The number of aromatic carboxylic acids is 1. The molecule has 4 rings (SSSR count). The lowest BCUT2D eigenvalue weighted by molar-refractivity contribution is -0.126. The third-order valence-electron chi connectivity index (χ3n) is 5.76. The van der Waals surface area contributed by atoms with E-state index in [1.807, 2.05) is 20.8 Å². The van der Waals surface area contributed by atoms with E-state index in [1.54, 1.807) is 24.3 Å². The molecule has 1 aliphatic heterocycles. The van der Waals surface area contributed by atoms with Gasteiger partial charge in [0.1, 0.15) is 9.96 Å². The van der Waals surface area contributed by atoms with E-state index < -0.39 is 28.0 Å². The number of benzene rings is 2. The van der Waals surface area contributed by atoms with Gasteiger partial charge in [-0.2, -0.15) is 0 Å². The lowest BCUT2D eigenvalue weighted by Crippen LogP contribution is -2.36. The molecule has 0 aliphatic carbocycles. The zero-order valence-corrected chi connectivity index (χ0v) is 22.9. The van der Waals surface area contributed by atoms with Crippen LogP contribution in [0.1, 0.15) is 59.7 Å². The maximum absolute atomic E-state index is 13.5. The second-order valence-corrected chi connectivity index (χ2v) is 12.4. The van der Waals surface area contributed by atoms with Crippen LogP contribution < -0.4 is 18.9 Å². The number of rotatable bonds is 11. The molecule has 2 N–H and O–H groups in total. The quantitative estimate of drug-likeness (QED) is 0.338. The Labute approximate surface area is 225 Å². The first-order chi connectivity index (χ1) is 18.1. The first-order valence-electron chi connectivity index (χ1n) is 12.1. The minimum atomic E-state index is -4.16. The molecule has 0 fully saturated rings. The van der Waals surface area contributed by atoms with Gasteiger partial charge in [0.25, 0.3) is 15.9 Å². The highest BCUT2D eigenvalue weighted by Crippen LogP contribution is 2.36. The number of carboxylic acids is 1. The molecule has 3 aromatic rings. The van der Waals surface area contributed by atoms with E-state index in [9.17, 15) is 23.1 Å². The van der Waals surface area contributed by atoms with E-state index in [-0.39, 0.29) is 22.3 Å². The van der Waals surface area contributed by atoms with Crippen LogP contribution in [0.2, 0.25) is 0 Å². The summed E-state index contributed by atoms with van der Waals surface area (Å²) >= 11 is 1.12. The first-order valence-corrected chi connectivity index (χ1v) is 14.4. The minimum Gasteiger partial charge on any atom is -0.478 e. The molecule has 0 spiro atoms. The third kappa shape index (κ3) is 6.28. The van der Waals surface area contributed by atoms with Crippen LogP contribution in [-0.2, 0) is 27.7 Å². The number of hydrogen-bond acceptors (Lipinski definition) is 8. The Balaban J connectivity index is 1.67. The van der Waals surface area contributed by atoms with Crippen LogP contribution in [-0.4, -0.2) is 32.2 Å². The van der Waals surface area contributed by atoms with Gasteiger partial charge in [0.05, 0.1) is 5.56 Å². The third-order valence-corrected chi connectivity index (χ3v) is 8.70. The van der Waals surface area contributed by atoms with E-state index >= 15 is 0 Å². The van der Waals surface area contributed by atoms with E-state index in [0.717, 1.165) is 22.6 Å². The molecule has 1 atom stereocenters. The summed E-state index contributed by atoms with van der Waals surface area (Å²) in [6.45, 7) is 6.04. The van der Waals surface area contributed by atoms with Gasteiger partial charge in [-0.25, -0.2) is 17.9 Å². The maximum Gasteiger partial charge on any atom is 0.335 e. The lowest BCUT2D eigenvalue weighted by atomic mass is 10.0. The highest BCUT2D eigenvalue weighted by atomic mass is 32.2. The van der Waals surface area contributed by atoms with Crippen LogP contribution >= 0.6 is 11.3 Å². The molecular formula is C27H29NO8S2. The number of sulfonamides is 1. The molecule has 1 unspecified atom stereocenters. The Bertz CT molecular complexity index is 1450. The minimum absolute atomic E-state index is 0.0271. The number of carbonyl (C=O) groups is 2. The van der Waals surface area contributed by atoms with Crippen molar-refractivity contribution >= 4 is 33.2 Å². The van der Waals surface area contributed by atoms with Gasteiger partial charge < -0.3 is 19.3 Å². The SMILES string of the molecule is CCCc1cc(C(=O)O)ccc1OC(C(=O)NS(=O)(=O)c1ccc(CC(C)C)s1)c1ccc2c(c1)OCO2. The van der Waals surface area contributed by atoms with Crippen LogP contribution in [0.5, 0.6) is 17.2 Å². The van der Waals surface area contributed by atoms with Gasteiger partial charge in [-0.05, 0) is 66.8 Å². The molecular weight excluding hydrogens is 530 g/mol. The van der Waals surface area contributed by atoms with E-state index in [1.165, 1.54) is 24.3 Å². The highest BCUT2D eigenvalue weighted by molar-refractivity contribution is 7.92. The fraction of sp³-hybridized carbons (Fsp3) is 0.333. The number of thiophene rings is 1. The lowest BCUT2D eigenvalue weighted by Gasteiger charge is -2.21. The zero-order chi connectivity index (χ0) is 27.4. The number of carbonyl (C=O) groups excluding carboxylic acids is 1. The average Bonchev–Trinajstić information content (AvgIpc) is 3.52. The number of amides is 1. The molecule has 2 aromatic carbocycles. The summed E-state index contributed by atoms with van der Waals surface area (Å²) < 4.78 is 45.3. The van der Waals surface area contributed by atoms with Gasteiger partial charge in [-0.3, -0.25) is 4.79 Å². The van der Waals surface area contributed by atoms with Gasteiger partial charge in [-0.1, -0.05) is 33.3 Å². The van der Waals surface area contributed by atoms with Crippen molar-refractivity contribution in [3.05, 3.63) is 70.1 Å². The Kier molecular flexibility index (Phi) is 8.27. The topological polar surface area (TPSA) is 128 Å². The normalized spacial score (nSPS) is 13.4. The van der Waals surface area contributed by atoms with Crippen LogP contribution in [0.15, 0.2) is 52.7 Å². The van der Waals surface area contributed by atoms with E-state index in [2.05, 4.69) is 4.72 Å². The second-order valence-electron chi connectivity index (χ2n) is 9.28. The highest BCUT2D eigenvalue weighted by Gasteiger charge is 2.31. The fourth-order valence-corrected chi connectivity index (χ4v) is 6.57. The Morgan fingerprint density at radius 1 is 1.08 bits per heavy atom.